The SMILES string of the molecule is CCNC(C#N)Cn1ccnc1C. The second-order valence-electron chi connectivity index (χ2n) is 2.87. The Kier molecular flexibility index (Phi) is 3.47. The van der Waals surface area contributed by atoms with Crippen molar-refractivity contribution < 1.29 is 0 Å². The van der Waals surface area contributed by atoms with Crippen molar-refractivity contribution in [2.45, 2.75) is 26.4 Å². The van der Waals surface area contributed by atoms with Gasteiger partial charge in [-0.2, -0.15) is 5.26 Å². The molecule has 0 saturated heterocycles. The van der Waals surface area contributed by atoms with Crippen molar-refractivity contribution >= 4 is 0 Å². The summed E-state index contributed by atoms with van der Waals surface area (Å²) in [6.07, 6.45) is 3.63. The molecule has 0 spiro atoms. The lowest BCUT2D eigenvalue weighted by molar-refractivity contribution is 0.528. The van der Waals surface area contributed by atoms with Gasteiger partial charge in [0.05, 0.1) is 12.6 Å². The molecule has 0 saturated carbocycles. The van der Waals surface area contributed by atoms with E-state index in [9.17, 15) is 0 Å². The molecule has 0 aliphatic carbocycles. The number of likely N-dealkylation sites (N-methyl/N-ethyl adjacent to an activating group) is 1. The van der Waals surface area contributed by atoms with E-state index in [1.165, 1.54) is 0 Å². The fourth-order valence-corrected chi connectivity index (χ4v) is 1.19. The number of hydrogen-bond acceptors (Lipinski definition) is 3. The first-order valence-electron chi connectivity index (χ1n) is 4.38. The third kappa shape index (κ3) is 2.56. The summed E-state index contributed by atoms with van der Waals surface area (Å²) in [5.41, 5.74) is 0. The van der Waals surface area contributed by atoms with Crippen molar-refractivity contribution in [3.05, 3.63) is 18.2 Å². The van der Waals surface area contributed by atoms with Crippen molar-refractivity contribution in [2.24, 2.45) is 0 Å². The van der Waals surface area contributed by atoms with Crippen LogP contribution < -0.4 is 5.32 Å². The van der Waals surface area contributed by atoms with E-state index in [-0.39, 0.29) is 6.04 Å². The van der Waals surface area contributed by atoms with E-state index in [0.717, 1.165) is 12.4 Å². The number of nitrogens with zero attached hydrogens (tertiary/aromatic N) is 3. The van der Waals surface area contributed by atoms with Crippen molar-refractivity contribution in [3.8, 4) is 6.07 Å². The smallest absolute Gasteiger partial charge is 0.113 e. The fourth-order valence-electron chi connectivity index (χ4n) is 1.19. The van der Waals surface area contributed by atoms with Gasteiger partial charge < -0.3 is 9.88 Å². The summed E-state index contributed by atoms with van der Waals surface area (Å²) < 4.78 is 1.97. The lowest BCUT2D eigenvalue weighted by Crippen LogP contribution is -2.31. The van der Waals surface area contributed by atoms with Gasteiger partial charge in [0.1, 0.15) is 11.9 Å². The molecule has 1 aromatic heterocycles. The molecule has 1 unspecified atom stereocenters. The first-order valence-corrected chi connectivity index (χ1v) is 4.38. The maximum atomic E-state index is 8.80. The van der Waals surface area contributed by atoms with Gasteiger partial charge in [0.2, 0.25) is 0 Å². The van der Waals surface area contributed by atoms with E-state index in [0.29, 0.717) is 6.54 Å². The second-order valence-corrected chi connectivity index (χ2v) is 2.87. The van der Waals surface area contributed by atoms with Crippen molar-refractivity contribution in [2.75, 3.05) is 6.54 Å². The number of aryl methyl sites for hydroxylation is 1. The van der Waals surface area contributed by atoms with Crippen molar-refractivity contribution in [3.63, 3.8) is 0 Å². The first-order chi connectivity index (χ1) is 6.27. The molecule has 4 heteroatoms. The number of imidazole rings is 1. The number of rotatable bonds is 4. The fraction of sp³-hybridized carbons (Fsp3) is 0.556. The molecule has 0 amide bonds. The Hall–Kier alpha value is -1.34. The average molecular weight is 178 g/mol. The summed E-state index contributed by atoms with van der Waals surface area (Å²) in [6, 6.07) is 2.08. The number of nitriles is 1. The van der Waals surface area contributed by atoms with Crippen LogP contribution >= 0.6 is 0 Å². The van der Waals surface area contributed by atoms with E-state index in [2.05, 4.69) is 16.4 Å². The molecule has 1 rings (SSSR count). The third-order valence-electron chi connectivity index (χ3n) is 1.91. The van der Waals surface area contributed by atoms with Crippen LogP contribution in [-0.4, -0.2) is 22.1 Å². The highest BCUT2D eigenvalue weighted by atomic mass is 15.1. The Morgan fingerprint density at radius 2 is 2.54 bits per heavy atom. The molecular weight excluding hydrogens is 164 g/mol. The molecule has 1 heterocycles. The quantitative estimate of drug-likeness (QED) is 0.738. The number of aromatic nitrogens is 2. The summed E-state index contributed by atoms with van der Waals surface area (Å²) in [5, 5.41) is 11.9. The molecule has 0 bridgehead atoms. The van der Waals surface area contributed by atoms with Crippen LogP contribution in [-0.2, 0) is 6.54 Å². The predicted molar refractivity (Wildman–Crippen MR) is 50.0 cm³/mol. The summed E-state index contributed by atoms with van der Waals surface area (Å²) in [4.78, 5) is 4.09. The van der Waals surface area contributed by atoms with Crippen LogP contribution in [0.3, 0.4) is 0 Å². The molecule has 0 aliphatic rings. The van der Waals surface area contributed by atoms with Gasteiger partial charge in [0.15, 0.2) is 0 Å². The molecule has 70 valence electrons. The predicted octanol–water partition coefficient (Wildman–Crippen LogP) is 0.693. The van der Waals surface area contributed by atoms with Gasteiger partial charge in [-0.15, -0.1) is 0 Å². The summed E-state index contributed by atoms with van der Waals surface area (Å²) >= 11 is 0. The maximum absolute atomic E-state index is 8.80. The standard InChI is InChI=1S/C9H14N4/c1-3-11-9(6-10)7-13-5-4-12-8(13)2/h4-5,9,11H,3,7H2,1-2H3. The van der Waals surface area contributed by atoms with E-state index >= 15 is 0 Å². The van der Waals surface area contributed by atoms with Crippen LogP contribution in [0.2, 0.25) is 0 Å². The molecule has 1 aromatic rings. The average Bonchev–Trinajstić information content (AvgIpc) is 2.51. The second kappa shape index (κ2) is 4.63. The Morgan fingerprint density at radius 3 is 3.00 bits per heavy atom. The van der Waals surface area contributed by atoms with Crippen molar-refractivity contribution in [1.82, 2.24) is 14.9 Å². The molecule has 0 aromatic carbocycles. The largest absolute Gasteiger partial charge is 0.333 e. The zero-order chi connectivity index (χ0) is 9.68. The topological polar surface area (TPSA) is 53.6 Å². The zero-order valence-electron chi connectivity index (χ0n) is 7.99. The lowest BCUT2D eigenvalue weighted by Gasteiger charge is -2.11. The van der Waals surface area contributed by atoms with Gasteiger partial charge >= 0.3 is 0 Å². The van der Waals surface area contributed by atoms with Gasteiger partial charge in [0, 0.05) is 12.4 Å². The summed E-state index contributed by atoms with van der Waals surface area (Å²) in [7, 11) is 0. The van der Waals surface area contributed by atoms with E-state index in [4.69, 9.17) is 5.26 Å². The summed E-state index contributed by atoms with van der Waals surface area (Å²) in [5.74, 6) is 0.943. The van der Waals surface area contributed by atoms with Crippen LogP contribution in [0.25, 0.3) is 0 Å². The molecule has 1 N–H and O–H groups in total. The molecule has 1 atom stereocenters. The van der Waals surface area contributed by atoms with Crippen molar-refractivity contribution in [1.29, 1.82) is 5.26 Å². The monoisotopic (exact) mass is 178 g/mol. The van der Waals surface area contributed by atoms with Crippen LogP contribution in [0, 0.1) is 18.3 Å². The minimum atomic E-state index is -0.127. The molecule has 0 fully saturated rings. The number of hydrogen-bond donors (Lipinski definition) is 1. The minimum absolute atomic E-state index is 0.127. The molecule has 4 nitrogen and oxygen atoms in total. The Balaban J connectivity index is 2.57. The summed E-state index contributed by atoms with van der Waals surface area (Å²) in [6.45, 7) is 5.40. The Morgan fingerprint density at radius 1 is 1.77 bits per heavy atom. The van der Waals surface area contributed by atoms with Crippen LogP contribution in [0.1, 0.15) is 12.7 Å². The maximum Gasteiger partial charge on any atom is 0.113 e. The van der Waals surface area contributed by atoms with Gasteiger partial charge in [-0.3, -0.25) is 0 Å². The molecule has 13 heavy (non-hydrogen) atoms. The normalized spacial score (nSPS) is 12.4. The molecule has 0 aliphatic heterocycles. The highest BCUT2D eigenvalue weighted by Crippen LogP contribution is 1.97. The highest BCUT2D eigenvalue weighted by molar-refractivity contribution is 4.95. The van der Waals surface area contributed by atoms with Gasteiger partial charge in [-0.1, -0.05) is 6.92 Å². The van der Waals surface area contributed by atoms with Gasteiger partial charge in [-0.25, -0.2) is 4.98 Å². The Bertz CT molecular complexity index is 297. The zero-order valence-corrected chi connectivity index (χ0v) is 7.99. The number of nitrogens with one attached hydrogen (secondary N) is 1. The van der Waals surface area contributed by atoms with Crippen LogP contribution in [0.5, 0.6) is 0 Å². The van der Waals surface area contributed by atoms with Crippen LogP contribution in [0.15, 0.2) is 12.4 Å². The third-order valence-corrected chi connectivity index (χ3v) is 1.91. The molecular formula is C9H14N4. The molecule has 0 radical (unpaired) electrons. The lowest BCUT2D eigenvalue weighted by atomic mass is 10.3. The van der Waals surface area contributed by atoms with E-state index < -0.39 is 0 Å². The van der Waals surface area contributed by atoms with E-state index in [1.807, 2.05) is 24.6 Å². The first kappa shape index (κ1) is 9.75. The minimum Gasteiger partial charge on any atom is -0.333 e. The van der Waals surface area contributed by atoms with Gasteiger partial charge in [-0.05, 0) is 13.5 Å². The van der Waals surface area contributed by atoms with Gasteiger partial charge in [0.25, 0.3) is 0 Å². The van der Waals surface area contributed by atoms with Crippen LogP contribution in [0.4, 0.5) is 0 Å². The van der Waals surface area contributed by atoms with E-state index in [1.54, 1.807) is 6.20 Å². The highest BCUT2D eigenvalue weighted by Gasteiger charge is 2.06. The Labute approximate surface area is 78.2 Å².